The Kier molecular flexibility index (Phi) is 6.56. The maximum atomic E-state index is 12.5. The summed E-state index contributed by atoms with van der Waals surface area (Å²) in [6.45, 7) is 11.9. The monoisotopic (exact) mass is 444 g/mol. The number of aliphatic imine (C=N–C) groups is 1. The molecule has 1 aromatic rings. The quantitative estimate of drug-likeness (QED) is 0.502. The second-order valence-corrected chi connectivity index (χ2v) is 10.5. The number of allylic oxidation sites excluding steroid dienone is 1. The fourth-order valence-corrected chi connectivity index (χ4v) is 5.70. The highest BCUT2D eigenvalue weighted by Crippen LogP contribution is 2.58. The normalized spacial score (nSPS) is 23.0. The second-order valence-electron chi connectivity index (χ2n) is 9.50. The van der Waals surface area contributed by atoms with Gasteiger partial charge in [0.05, 0.1) is 22.8 Å². The second kappa shape index (κ2) is 8.69. The molecule has 1 aromatic carbocycles. The number of ether oxygens (including phenoxy) is 2. The number of para-hydroxylation sites is 1. The highest BCUT2D eigenvalue weighted by Gasteiger charge is 2.56. The molecule has 0 saturated carbocycles. The van der Waals surface area contributed by atoms with E-state index in [1.807, 2.05) is 45.0 Å². The summed E-state index contributed by atoms with van der Waals surface area (Å²) in [5.41, 5.74) is 0.589. The molecule has 1 amide bonds. The van der Waals surface area contributed by atoms with Crippen molar-refractivity contribution in [3.63, 3.8) is 0 Å². The van der Waals surface area contributed by atoms with Gasteiger partial charge >= 0.3 is 12.1 Å². The van der Waals surface area contributed by atoms with Gasteiger partial charge in [0.2, 0.25) is 0 Å². The van der Waals surface area contributed by atoms with E-state index in [-0.39, 0.29) is 12.0 Å². The van der Waals surface area contributed by atoms with Crippen LogP contribution in [-0.2, 0) is 19.7 Å². The van der Waals surface area contributed by atoms with Gasteiger partial charge in [-0.25, -0.2) is 14.6 Å². The van der Waals surface area contributed by atoms with Gasteiger partial charge in [0, 0.05) is 17.9 Å². The zero-order valence-electron chi connectivity index (χ0n) is 19.2. The summed E-state index contributed by atoms with van der Waals surface area (Å²) in [6, 6.07) is 8.02. The number of benzene rings is 1. The third-order valence-corrected chi connectivity index (χ3v) is 6.95. The molecule has 1 N–H and O–H groups in total. The van der Waals surface area contributed by atoms with E-state index in [9.17, 15) is 9.59 Å². The van der Waals surface area contributed by atoms with Crippen LogP contribution in [-0.4, -0.2) is 41.1 Å². The number of thioether (sulfide) groups is 1. The molecule has 7 heteroatoms. The van der Waals surface area contributed by atoms with Crippen LogP contribution in [0.1, 0.15) is 53.5 Å². The van der Waals surface area contributed by atoms with Crippen molar-refractivity contribution in [1.29, 1.82) is 0 Å². The molecule has 1 fully saturated rings. The Morgan fingerprint density at radius 2 is 1.97 bits per heavy atom. The van der Waals surface area contributed by atoms with Gasteiger partial charge in [-0.2, -0.15) is 0 Å². The SMILES string of the molecule is CCOC(=O)/C=C/C(C)(C)[C@]12C[C@H](NC(=O)OC(C)(C)C)CSC1=Nc1ccccc12. The Hall–Kier alpha value is -2.28. The fraction of sp³-hybridized carbons (Fsp3) is 0.542. The zero-order chi connectivity index (χ0) is 22.9. The Bertz CT molecular complexity index is 916. The first-order valence-electron chi connectivity index (χ1n) is 10.7. The number of alkyl carbamates (subject to hydrolysis) is 1. The van der Waals surface area contributed by atoms with Crippen molar-refractivity contribution >= 4 is 34.6 Å². The van der Waals surface area contributed by atoms with Crippen molar-refractivity contribution in [3.8, 4) is 0 Å². The van der Waals surface area contributed by atoms with Gasteiger partial charge in [-0.15, -0.1) is 11.8 Å². The first-order valence-corrected chi connectivity index (χ1v) is 11.6. The summed E-state index contributed by atoms with van der Waals surface area (Å²) in [7, 11) is 0. The number of amides is 1. The molecule has 1 saturated heterocycles. The lowest BCUT2D eigenvalue weighted by Gasteiger charge is -2.48. The third-order valence-electron chi connectivity index (χ3n) is 5.67. The number of nitrogens with zero attached hydrogens (tertiary/aromatic N) is 1. The molecule has 2 heterocycles. The van der Waals surface area contributed by atoms with Crippen molar-refractivity contribution in [2.24, 2.45) is 10.4 Å². The van der Waals surface area contributed by atoms with Crippen LogP contribution in [0.4, 0.5) is 10.5 Å². The highest BCUT2D eigenvalue weighted by atomic mass is 32.2. The minimum Gasteiger partial charge on any atom is -0.463 e. The topological polar surface area (TPSA) is 77.0 Å². The third kappa shape index (κ3) is 4.81. The van der Waals surface area contributed by atoms with Gasteiger partial charge in [0.15, 0.2) is 0 Å². The summed E-state index contributed by atoms with van der Waals surface area (Å²) < 4.78 is 10.6. The number of carbonyl (C=O) groups excluding carboxylic acids is 2. The Morgan fingerprint density at radius 3 is 2.65 bits per heavy atom. The number of hydrogen-bond acceptors (Lipinski definition) is 6. The Morgan fingerprint density at radius 1 is 1.26 bits per heavy atom. The summed E-state index contributed by atoms with van der Waals surface area (Å²) in [6.07, 6.45) is 3.67. The minimum absolute atomic E-state index is 0.0970. The lowest BCUT2D eigenvalue weighted by atomic mass is 9.59. The molecule has 0 spiro atoms. The van der Waals surface area contributed by atoms with Crippen molar-refractivity contribution < 1.29 is 19.1 Å². The van der Waals surface area contributed by atoms with Crippen molar-refractivity contribution in [1.82, 2.24) is 5.32 Å². The molecule has 3 rings (SSSR count). The van der Waals surface area contributed by atoms with Crippen molar-refractivity contribution in [2.45, 2.75) is 65.0 Å². The molecular formula is C24H32N2O4S. The van der Waals surface area contributed by atoms with Gasteiger partial charge < -0.3 is 14.8 Å². The largest absolute Gasteiger partial charge is 0.463 e. The van der Waals surface area contributed by atoms with E-state index in [0.717, 1.165) is 16.3 Å². The molecule has 31 heavy (non-hydrogen) atoms. The fourth-order valence-electron chi connectivity index (χ4n) is 4.27. The number of hydrogen-bond donors (Lipinski definition) is 1. The summed E-state index contributed by atoms with van der Waals surface area (Å²) in [4.78, 5) is 29.4. The molecule has 168 valence electrons. The molecule has 0 aromatic heterocycles. The molecular weight excluding hydrogens is 412 g/mol. The highest BCUT2D eigenvalue weighted by molar-refractivity contribution is 8.14. The first kappa shape index (κ1) is 23.4. The van der Waals surface area contributed by atoms with E-state index in [1.54, 1.807) is 18.7 Å². The lowest BCUT2D eigenvalue weighted by Crippen LogP contribution is -2.54. The summed E-state index contributed by atoms with van der Waals surface area (Å²) in [5.74, 6) is 0.356. The summed E-state index contributed by atoms with van der Waals surface area (Å²) in [5, 5.41) is 4.07. The maximum Gasteiger partial charge on any atom is 0.407 e. The van der Waals surface area contributed by atoms with E-state index < -0.39 is 22.5 Å². The van der Waals surface area contributed by atoms with Gasteiger partial charge in [-0.3, -0.25) is 0 Å². The van der Waals surface area contributed by atoms with Gasteiger partial charge in [-0.1, -0.05) is 38.1 Å². The summed E-state index contributed by atoms with van der Waals surface area (Å²) >= 11 is 1.66. The Labute approximate surface area is 188 Å². The molecule has 0 unspecified atom stereocenters. The molecule has 0 bridgehead atoms. The van der Waals surface area contributed by atoms with Crippen LogP contribution < -0.4 is 5.32 Å². The number of carbonyl (C=O) groups is 2. The predicted molar refractivity (Wildman–Crippen MR) is 125 cm³/mol. The molecule has 0 aliphatic carbocycles. The number of esters is 1. The van der Waals surface area contributed by atoms with E-state index in [1.165, 1.54) is 6.08 Å². The van der Waals surface area contributed by atoms with Gasteiger partial charge in [0.1, 0.15) is 5.60 Å². The van der Waals surface area contributed by atoms with Crippen LogP contribution in [0.25, 0.3) is 0 Å². The van der Waals surface area contributed by atoms with Gasteiger partial charge in [-0.05, 0) is 51.2 Å². The zero-order valence-corrected chi connectivity index (χ0v) is 20.0. The molecule has 2 aliphatic rings. The van der Waals surface area contributed by atoms with Crippen LogP contribution in [0.2, 0.25) is 0 Å². The molecule has 2 atom stereocenters. The van der Waals surface area contributed by atoms with E-state index in [2.05, 4.69) is 25.2 Å². The van der Waals surface area contributed by atoms with Gasteiger partial charge in [0.25, 0.3) is 0 Å². The number of rotatable bonds is 5. The number of nitrogens with one attached hydrogen (secondary N) is 1. The van der Waals surface area contributed by atoms with E-state index in [4.69, 9.17) is 14.5 Å². The predicted octanol–water partition coefficient (Wildman–Crippen LogP) is 5.14. The lowest BCUT2D eigenvalue weighted by molar-refractivity contribution is -0.137. The first-order chi connectivity index (χ1) is 14.5. The minimum atomic E-state index is -0.558. The van der Waals surface area contributed by atoms with E-state index >= 15 is 0 Å². The average molecular weight is 445 g/mol. The maximum absolute atomic E-state index is 12.5. The smallest absolute Gasteiger partial charge is 0.407 e. The van der Waals surface area contributed by atoms with Crippen molar-refractivity contribution in [2.75, 3.05) is 12.4 Å². The molecule has 2 aliphatic heterocycles. The van der Waals surface area contributed by atoms with Crippen LogP contribution >= 0.6 is 11.8 Å². The standard InChI is InChI=1S/C24H32N2O4S/c1-7-29-19(27)12-13-23(5,6)24-14-16(25-21(28)30-22(2,3)4)15-31-20(24)26-18-11-9-8-10-17(18)24/h8-13,16H,7,14-15H2,1-6H3,(H,25,28)/b13-12+/t16-,24-/m0/s1. The van der Waals surface area contributed by atoms with Crippen LogP contribution in [0.5, 0.6) is 0 Å². The van der Waals surface area contributed by atoms with Crippen LogP contribution in [0.15, 0.2) is 41.4 Å². The van der Waals surface area contributed by atoms with Crippen molar-refractivity contribution in [3.05, 3.63) is 42.0 Å². The molecule has 6 nitrogen and oxygen atoms in total. The average Bonchev–Trinajstić information content (AvgIpc) is 3.01. The van der Waals surface area contributed by atoms with Crippen LogP contribution in [0, 0.1) is 5.41 Å². The van der Waals surface area contributed by atoms with Crippen LogP contribution in [0.3, 0.4) is 0 Å². The van der Waals surface area contributed by atoms with E-state index in [0.29, 0.717) is 18.8 Å². The Balaban J connectivity index is 1.96. The molecule has 0 radical (unpaired) electrons. The number of fused-ring (bicyclic) bond motifs is 3.